The fourth-order valence-electron chi connectivity index (χ4n) is 1.57. The third-order valence-electron chi connectivity index (χ3n) is 2.62. The lowest BCUT2D eigenvalue weighted by Crippen LogP contribution is -2.10. The molecule has 110 valence electrons. The molecule has 7 nitrogen and oxygen atoms in total. The number of H-pyrrole nitrogens is 1. The molecule has 0 bridgehead atoms. The molecule has 0 saturated carbocycles. The molecule has 1 heterocycles. The van der Waals surface area contributed by atoms with Crippen molar-refractivity contribution in [2.24, 2.45) is 5.10 Å². The van der Waals surface area contributed by atoms with Crippen LogP contribution >= 0.6 is 0 Å². The van der Waals surface area contributed by atoms with E-state index in [-0.39, 0.29) is 11.5 Å². The molecule has 0 atom stereocenters. The third kappa shape index (κ3) is 4.72. The van der Waals surface area contributed by atoms with Crippen molar-refractivity contribution in [2.45, 2.75) is 19.8 Å². The van der Waals surface area contributed by atoms with Crippen LogP contribution in [-0.2, 0) is 0 Å². The van der Waals surface area contributed by atoms with Crippen molar-refractivity contribution >= 4 is 12.2 Å². The van der Waals surface area contributed by atoms with Gasteiger partial charge >= 0.3 is 0 Å². The third-order valence-corrected chi connectivity index (χ3v) is 2.62. The SMILES string of the molecule is CCCCOc1ccccc1/C=N/Nc1nncc(=O)[nH]1. The normalized spacial score (nSPS) is 10.7. The minimum absolute atomic E-state index is 0.183. The van der Waals surface area contributed by atoms with E-state index in [0.29, 0.717) is 6.61 Å². The van der Waals surface area contributed by atoms with Crippen molar-refractivity contribution < 1.29 is 4.74 Å². The first kappa shape index (κ1) is 14.7. The highest BCUT2D eigenvalue weighted by molar-refractivity contribution is 5.83. The van der Waals surface area contributed by atoms with E-state index in [0.717, 1.165) is 30.4 Å². The number of ether oxygens (including phenoxy) is 1. The number of benzene rings is 1. The number of aromatic nitrogens is 3. The second kappa shape index (κ2) is 7.78. The number of para-hydroxylation sites is 1. The zero-order valence-electron chi connectivity index (χ0n) is 11.7. The van der Waals surface area contributed by atoms with Gasteiger partial charge in [0.1, 0.15) is 11.9 Å². The lowest BCUT2D eigenvalue weighted by Gasteiger charge is -2.07. The molecule has 0 spiro atoms. The van der Waals surface area contributed by atoms with Gasteiger partial charge < -0.3 is 4.74 Å². The maximum atomic E-state index is 11.1. The number of unbranched alkanes of at least 4 members (excludes halogenated alkanes) is 1. The minimum Gasteiger partial charge on any atom is -0.493 e. The molecule has 0 saturated heterocycles. The van der Waals surface area contributed by atoms with Gasteiger partial charge in [0.15, 0.2) is 0 Å². The van der Waals surface area contributed by atoms with Gasteiger partial charge in [0, 0.05) is 5.56 Å². The molecule has 2 N–H and O–H groups in total. The smallest absolute Gasteiger partial charge is 0.271 e. The van der Waals surface area contributed by atoms with Crippen LogP contribution in [0.4, 0.5) is 5.95 Å². The summed E-state index contributed by atoms with van der Waals surface area (Å²) in [4.78, 5) is 13.5. The lowest BCUT2D eigenvalue weighted by molar-refractivity contribution is 0.309. The number of rotatable bonds is 7. The Morgan fingerprint density at radius 2 is 2.29 bits per heavy atom. The molecule has 1 aromatic heterocycles. The highest BCUT2D eigenvalue weighted by Crippen LogP contribution is 2.16. The largest absolute Gasteiger partial charge is 0.493 e. The van der Waals surface area contributed by atoms with Crippen LogP contribution in [0.3, 0.4) is 0 Å². The van der Waals surface area contributed by atoms with E-state index < -0.39 is 0 Å². The Morgan fingerprint density at radius 1 is 1.43 bits per heavy atom. The number of hydrogen-bond acceptors (Lipinski definition) is 6. The van der Waals surface area contributed by atoms with Gasteiger partial charge in [-0.05, 0) is 18.6 Å². The van der Waals surface area contributed by atoms with E-state index in [9.17, 15) is 4.79 Å². The van der Waals surface area contributed by atoms with Crippen molar-refractivity contribution in [3.05, 3.63) is 46.4 Å². The maximum Gasteiger partial charge on any atom is 0.271 e. The summed E-state index contributed by atoms with van der Waals surface area (Å²) in [6, 6.07) is 7.59. The van der Waals surface area contributed by atoms with E-state index in [1.807, 2.05) is 24.3 Å². The highest BCUT2D eigenvalue weighted by Gasteiger charge is 2.00. The molecule has 7 heteroatoms. The second-order valence-corrected chi connectivity index (χ2v) is 4.29. The predicted octanol–water partition coefficient (Wildman–Crippen LogP) is 1.79. The summed E-state index contributed by atoms with van der Waals surface area (Å²) in [6.45, 7) is 2.79. The molecule has 0 aliphatic heterocycles. The summed E-state index contributed by atoms with van der Waals surface area (Å²) < 4.78 is 5.69. The highest BCUT2D eigenvalue weighted by atomic mass is 16.5. The fraction of sp³-hybridized carbons (Fsp3) is 0.286. The van der Waals surface area contributed by atoms with Crippen molar-refractivity contribution in [3.63, 3.8) is 0 Å². The quantitative estimate of drug-likeness (QED) is 0.460. The average Bonchev–Trinajstić information content (AvgIpc) is 2.49. The number of aromatic amines is 1. The van der Waals surface area contributed by atoms with Crippen LogP contribution in [0.25, 0.3) is 0 Å². The molecule has 0 fully saturated rings. The summed E-state index contributed by atoms with van der Waals surface area (Å²) in [7, 11) is 0. The Balaban J connectivity index is 2.01. The number of nitrogens with zero attached hydrogens (tertiary/aromatic N) is 3. The van der Waals surface area contributed by atoms with Gasteiger partial charge in [-0.1, -0.05) is 25.5 Å². The molecular weight excluding hydrogens is 270 g/mol. The molecule has 21 heavy (non-hydrogen) atoms. The van der Waals surface area contributed by atoms with Gasteiger partial charge in [-0.3, -0.25) is 9.78 Å². The first-order valence-corrected chi connectivity index (χ1v) is 6.72. The fourth-order valence-corrected chi connectivity index (χ4v) is 1.57. The van der Waals surface area contributed by atoms with E-state index in [1.165, 1.54) is 0 Å². The number of anilines is 1. The molecule has 1 aromatic carbocycles. The van der Waals surface area contributed by atoms with E-state index in [4.69, 9.17) is 4.74 Å². The van der Waals surface area contributed by atoms with Gasteiger partial charge in [0.2, 0.25) is 5.95 Å². The molecule has 0 radical (unpaired) electrons. The van der Waals surface area contributed by atoms with E-state index in [2.05, 4.69) is 32.6 Å². The van der Waals surface area contributed by atoms with Crippen LogP contribution < -0.4 is 15.7 Å². The predicted molar refractivity (Wildman–Crippen MR) is 80.7 cm³/mol. The first-order valence-electron chi connectivity index (χ1n) is 6.72. The molecule has 0 aliphatic rings. The molecule has 0 amide bonds. The minimum atomic E-state index is -0.342. The Labute approximate surface area is 122 Å². The van der Waals surface area contributed by atoms with Crippen molar-refractivity contribution in [1.29, 1.82) is 0 Å². The van der Waals surface area contributed by atoms with Crippen LogP contribution in [0.2, 0.25) is 0 Å². The molecular formula is C14H17N5O2. The first-order chi connectivity index (χ1) is 10.3. The summed E-state index contributed by atoms with van der Waals surface area (Å²) in [5.74, 6) is 0.951. The molecule has 2 rings (SSSR count). The Kier molecular flexibility index (Phi) is 5.45. The summed E-state index contributed by atoms with van der Waals surface area (Å²) in [5.41, 5.74) is 3.11. The van der Waals surface area contributed by atoms with Gasteiger partial charge in [-0.15, -0.1) is 10.2 Å². The van der Waals surface area contributed by atoms with Crippen LogP contribution in [0, 0.1) is 0 Å². The van der Waals surface area contributed by atoms with Crippen LogP contribution in [0.5, 0.6) is 5.75 Å². The number of hydrazone groups is 1. The van der Waals surface area contributed by atoms with Crippen molar-refractivity contribution in [3.8, 4) is 5.75 Å². The van der Waals surface area contributed by atoms with Crippen LogP contribution in [0.1, 0.15) is 25.3 Å². The zero-order chi connectivity index (χ0) is 14.9. The van der Waals surface area contributed by atoms with Gasteiger partial charge in [0.05, 0.1) is 12.8 Å². The maximum absolute atomic E-state index is 11.1. The van der Waals surface area contributed by atoms with E-state index in [1.54, 1.807) is 6.21 Å². The van der Waals surface area contributed by atoms with Crippen LogP contribution in [-0.4, -0.2) is 28.0 Å². The summed E-state index contributed by atoms with van der Waals surface area (Å²) in [6.07, 6.45) is 4.78. The number of hydrogen-bond donors (Lipinski definition) is 2. The van der Waals surface area contributed by atoms with Crippen molar-refractivity contribution in [1.82, 2.24) is 15.2 Å². The molecule has 0 unspecified atom stereocenters. The van der Waals surface area contributed by atoms with Crippen LogP contribution in [0.15, 0.2) is 40.4 Å². The molecule has 0 aliphatic carbocycles. The van der Waals surface area contributed by atoms with Crippen molar-refractivity contribution in [2.75, 3.05) is 12.0 Å². The van der Waals surface area contributed by atoms with Gasteiger partial charge in [-0.2, -0.15) is 5.10 Å². The topological polar surface area (TPSA) is 92.3 Å². The van der Waals surface area contributed by atoms with Gasteiger partial charge in [-0.25, -0.2) is 5.43 Å². The average molecular weight is 287 g/mol. The molecule has 2 aromatic rings. The Morgan fingerprint density at radius 3 is 3.10 bits per heavy atom. The monoisotopic (exact) mass is 287 g/mol. The Hall–Kier alpha value is -2.70. The summed E-state index contributed by atoms with van der Waals surface area (Å²) >= 11 is 0. The lowest BCUT2D eigenvalue weighted by atomic mass is 10.2. The Bertz CT molecular complexity index is 654. The van der Waals surface area contributed by atoms with E-state index >= 15 is 0 Å². The zero-order valence-corrected chi connectivity index (χ0v) is 11.7. The number of nitrogens with one attached hydrogen (secondary N) is 2. The second-order valence-electron chi connectivity index (χ2n) is 4.29. The standard InChI is InChI=1S/C14H17N5O2/c1-2-3-8-21-12-7-5-4-6-11(12)9-15-18-14-17-13(20)10-16-19-14/h4-7,9-10H,2-3,8H2,1H3,(H2,17,18,19,20)/b15-9+. The van der Waals surface area contributed by atoms with Gasteiger partial charge in [0.25, 0.3) is 5.56 Å². The summed E-state index contributed by atoms with van der Waals surface area (Å²) in [5, 5.41) is 11.2.